The second kappa shape index (κ2) is 9.90. The molecule has 2 aromatic heterocycles. The van der Waals surface area contributed by atoms with Crippen LogP contribution >= 0.6 is 23.5 Å². The van der Waals surface area contributed by atoms with Gasteiger partial charge >= 0.3 is 0 Å². The van der Waals surface area contributed by atoms with Crippen LogP contribution in [0.15, 0.2) is 46.7 Å². The average Bonchev–Trinajstić information content (AvgIpc) is 3.05. The van der Waals surface area contributed by atoms with Crippen LogP contribution in [0.2, 0.25) is 0 Å². The summed E-state index contributed by atoms with van der Waals surface area (Å²) in [5, 5.41) is 10.7. The highest BCUT2D eigenvalue weighted by Gasteiger charge is 2.14. The third kappa shape index (κ3) is 5.81. The molecule has 0 bridgehead atoms. The average molecular weight is 400 g/mol. The molecular formula is C20H25N5S2. The first-order chi connectivity index (χ1) is 13.2. The van der Waals surface area contributed by atoms with Crippen molar-refractivity contribution in [1.29, 1.82) is 0 Å². The Hall–Kier alpha value is -1.86. The van der Waals surface area contributed by atoms with E-state index in [1.807, 2.05) is 19.9 Å². The summed E-state index contributed by atoms with van der Waals surface area (Å²) in [7, 11) is 0. The van der Waals surface area contributed by atoms with E-state index in [-0.39, 0.29) is 0 Å². The van der Waals surface area contributed by atoms with E-state index < -0.39 is 0 Å². The van der Waals surface area contributed by atoms with Gasteiger partial charge in [-0.2, -0.15) is 0 Å². The second-order valence-electron chi connectivity index (χ2n) is 6.36. The smallest absolute Gasteiger partial charge is 0.191 e. The zero-order valence-corrected chi connectivity index (χ0v) is 17.7. The van der Waals surface area contributed by atoms with E-state index in [0.717, 1.165) is 58.4 Å². The largest absolute Gasteiger partial charge is 0.305 e. The van der Waals surface area contributed by atoms with Crippen molar-refractivity contribution >= 4 is 23.5 Å². The molecule has 0 aliphatic rings. The van der Waals surface area contributed by atoms with Crippen LogP contribution < -0.4 is 0 Å². The molecule has 0 saturated carbocycles. The molecule has 0 atom stereocenters. The Kier molecular flexibility index (Phi) is 7.29. The van der Waals surface area contributed by atoms with Crippen molar-refractivity contribution in [2.75, 3.05) is 5.75 Å². The molecular weight excluding hydrogens is 374 g/mol. The van der Waals surface area contributed by atoms with Crippen molar-refractivity contribution < 1.29 is 0 Å². The van der Waals surface area contributed by atoms with Crippen LogP contribution in [0.25, 0.3) is 0 Å². The first-order valence-corrected chi connectivity index (χ1v) is 11.2. The minimum atomic E-state index is 0.720. The van der Waals surface area contributed by atoms with E-state index in [0.29, 0.717) is 0 Å². The fourth-order valence-electron chi connectivity index (χ4n) is 2.72. The number of rotatable bonds is 9. The standard InChI is InChI=1S/C20H25N5S2/c1-4-12-26-20-24-23-18(14-27-19-21-15(2)13-16(3)22-19)25(20)11-10-17-8-6-5-7-9-17/h5-9,13H,4,10-12,14H2,1-3H3. The van der Waals surface area contributed by atoms with Crippen molar-refractivity contribution in [2.45, 2.75) is 56.2 Å². The van der Waals surface area contributed by atoms with Crippen molar-refractivity contribution in [3.8, 4) is 0 Å². The summed E-state index contributed by atoms with van der Waals surface area (Å²) in [6, 6.07) is 12.6. The van der Waals surface area contributed by atoms with Gasteiger partial charge in [0.25, 0.3) is 0 Å². The number of hydrogen-bond donors (Lipinski definition) is 0. The number of nitrogens with zero attached hydrogens (tertiary/aromatic N) is 5. The van der Waals surface area contributed by atoms with Crippen LogP contribution in [-0.2, 0) is 18.7 Å². The van der Waals surface area contributed by atoms with Gasteiger partial charge in [0.1, 0.15) is 5.82 Å². The predicted molar refractivity (Wildman–Crippen MR) is 112 cm³/mol. The lowest BCUT2D eigenvalue weighted by Gasteiger charge is -2.10. The first kappa shape index (κ1) is 19.9. The molecule has 3 rings (SSSR count). The molecule has 0 aliphatic carbocycles. The van der Waals surface area contributed by atoms with Crippen molar-refractivity contribution in [2.24, 2.45) is 0 Å². The summed E-state index contributed by atoms with van der Waals surface area (Å²) >= 11 is 3.40. The molecule has 0 spiro atoms. The van der Waals surface area contributed by atoms with Gasteiger partial charge in [-0.3, -0.25) is 0 Å². The summed E-state index contributed by atoms with van der Waals surface area (Å²) < 4.78 is 2.25. The SMILES string of the molecule is CCCSc1nnc(CSc2nc(C)cc(C)n2)n1CCc1ccccc1. The summed E-state index contributed by atoms with van der Waals surface area (Å²) in [5.41, 5.74) is 3.32. The highest BCUT2D eigenvalue weighted by molar-refractivity contribution is 7.99. The van der Waals surface area contributed by atoms with Gasteiger partial charge in [-0.15, -0.1) is 10.2 Å². The third-order valence-electron chi connectivity index (χ3n) is 3.99. The molecule has 0 fully saturated rings. The van der Waals surface area contributed by atoms with Crippen LogP contribution in [0.4, 0.5) is 0 Å². The quantitative estimate of drug-likeness (QED) is 0.383. The van der Waals surface area contributed by atoms with Crippen LogP contribution in [0.5, 0.6) is 0 Å². The fourth-order valence-corrected chi connectivity index (χ4v) is 4.45. The Morgan fingerprint density at radius 3 is 2.41 bits per heavy atom. The predicted octanol–water partition coefficient (Wildman–Crippen LogP) is 4.72. The van der Waals surface area contributed by atoms with E-state index >= 15 is 0 Å². The molecule has 0 saturated heterocycles. The van der Waals surface area contributed by atoms with E-state index in [9.17, 15) is 0 Å². The van der Waals surface area contributed by atoms with Gasteiger partial charge in [0.05, 0.1) is 5.75 Å². The van der Waals surface area contributed by atoms with Gasteiger partial charge < -0.3 is 4.57 Å². The first-order valence-electron chi connectivity index (χ1n) is 9.19. The van der Waals surface area contributed by atoms with E-state index in [4.69, 9.17) is 0 Å². The Morgan fingerprint density at radius 2 is 1.70 bits per heavy atom. The van der Waals surface area contributed by atoms with Gasteiger partial charge in [0.15, 0.2) is 10.3 Å². The van der Waals surface area contributed by atoms with Crippen molar-refractivity contribution in [1.82, 2.24) is 24.7 Å². The number of aryl methyl sites for hydroxylation is 3. The van der Waals surface area contributed by atoms with Crippen molar-refractivity contribution in [3.63, 3.8) is 0 Å². The number of hydrogen-bond acceptors (Lipinski definition) is 6. The second-order valence-corrected chi connectivity index (χ2v) is 8.36. The lowest BCUT2D eigenvalue weighted by Crippen LogP contribution is -2.07. The molecule has 0 unspecified atom stereocenters. The van der Waals surface area contributed by atoms with Crippen LogP contribution in [0.1, 0.15) is 36.1 Å². The summed E-state index contributed by atoms with van der Waals surface area (Å²) in [6.07, 6.45) is 2.09. The summed E-state index contributed by atoms with van der Waals surface area (Å²) in [4.78, 5) is 9.04. The van der Waals surface area contributed by atoms with E-state index in [1.165, 1.54) is 5.56 Å². The number of thioether (sulfide) groups is 2. The molecule has 0 amide bonds. The number of aromatic nitrogens is 5. The van der Waals surface area contributed by atoms with Crippen LogP contribution in [-0.4, -0.2) is 30.5 Å². The topological polar surface area (TPSA) is 56.5 Å². The maximum atomic E-state index is 4.52. The molecule has 3 aromatic rings. The van der Waals surface area contributed by atoms with Gasteiger partial charge in [-0.1, -0.05) is 60.8 Å². The molecule has 142 valence electrons. The van der Waals surface area contributed by atoms with Gasteiger partial charge in [-0.05, 0) is 38.3 Å². The Balaban J connectivity index is 1.73. The fraction of sp³-hybridized carbons (Fsp3) is 0.400. The van der Waals surface area contributed by atoms with E-state index in [1.54, 1.807) is 23.5 Å². The molecule has 27 heavy (non-hydrogen) atoms. The molecule has 0 aliphatic heterocycles. The van der Waals surface area contributed by atoms with Gasteiger partial charge in [-0.25, -0.2) is 9.97 Å². The molecule has 2 heterocycles. The zero-order chi connectivity index (χ0) is 19.1. The van der Waals surface area contributed by atoms with E-state index in [2.05, 4.69) is 62.0 Å². The van der Waals surface area contributed by atoms with Crippen LogP contribution in [0.3, 0.4) is 0 Å². The monoisotopic (exact) mass is 399 g/mol. The molecule has 7 heteroatoms. The minimum Gasteiger partial charge on any atom is -0.305 e. The summed E-state index contributed by atoms with van der Waals surface area (Å²) in [5.74, 6) is 2.76. The van der Waals surface area contributed by atoms with Crippen LogP contribution in [0, 0.1) is 13.8 Å². The zero-order valence-electron chi connectivity index (χ0n) is 16.1. The molecule has 1 aromatic carbocycles. The lowest BCUT2D eigenvalue weighted by molar-refractivity contribution is 0.615. The molecule has 0 N–H and O–H groups in total. The maximum Gasteiger partial charge on any atom is 0.191 e. The normalized spacial score (nSPS) is 11.1. The highest BCUT2D eigenvalue weighted by atomic mass is 32.2. The summed E-state index contributed by atoms with van der Waals surface area (Å²) in [6.45, 7) is 7.07. The maximum absolute atomic E-state index is 4.52. The van der Waals surface area contributed by atoms with Gasteiger partial charge in [0, 0.05) is 23.7 Å². The Morgan fingerprint density at radius 1 is 0.963 bits per heavy atom. The lowest BCUT2D eigenvalue weighted by atomic mass is 10.1. The molecule has 0 radical (unpaired) electrons. The van der Waals surface area contributed by atoms with Crippen molar-refractivity contribution in [3.05, 3.63) is 59.2 Å². The highest BCUT2D eigenvalue weighted by Crippen LogP contribution is 2.24. The van der Waals surface area contributed by atoms with Gasteiger partial charge in [0.2, 0.25) is 0 Å². The molecule has 5 nitrogen and oxygen atoms in total. The number of benzene rings is 1. The third-order valence-corrected chi connectivity index (χ3v) is 6.00. The Labute approximate surface area is 169 Å². The Bertz CT molecular complexity index is 844. The minimum absolute atomic E-state index is 0.720.